The van der Waals surface area contributed by atoms with Crippen LogP contribution in [0.2, 0.25) is 0 Å². The van der Waals surface area contributed by atoms with Gasteiger partial charge in [0.25, 0.3) is 10.0 Å². The summed E-state index contributed by atoms with van der Waals surface area (Å²) in [5, 5.41) is 21.8. The van der Waals surface area contributed by atoms with Gasteiger partial charge in [0.1, 0.15) is 0 Å². The minimum absolute atomic E-state index is 0.136. The molecule has 0 unspecified atom stereocenters. The Balaban J connectivity index is 2.28. The average molecular weight is 495 g/mol. The highest BCUT2D eigenvalue weighted by atomic mass is 79.9. The smallest absolute Gasteiger partial charge is 0.268 e. The third kappa shape index (κ3) is 4.28. The van der Waals surface area contributed by atoms with Gasteiger partial charge < -0.3 is 5.11 Å². The maximum absolute atomic E-state index is 13.4. The third-order valence-electron chi connectivity index (χ3n) is 5.42. The number of aliphatic hydroxyl groups is 1. The molecule has 3 aromatic rings. The van der Waals surface area contributed by atoms with Crippen molar-refractivity contribution in [2.45, 2.75) is 31.1 Å². The third-order valence-corrected chi connectivity index (χ3v) is 7.60. The number of rotatable bonds is 8. The zero-order valence-corrected chi connectivity index (χ0v) is 19.1. The van der Waals surface area contributed by atoms with E-state index in [-0.39, 0.29) is 17.4 Å². The predicted octanol–water partition coefficient (Wildman–Crippen LogP) is 4.33. The normalized spacial score (nSPS) is 14.0. The van der Waals surface area contributed by atoms with Crippen molar-refractivity contribution in [3.8, 4) is 0 Å². The lowest BCUT2D eigenvalue weighted by Gasteiger charge is -2.21. The van der Waals surface area contributed by atoms with Crippen molar-refractivity contribution >= 4 is 36.9 Å². The first-order chi connectivity index (χ1) is 14.2. The molecule has 3 rings (SSSR count). The molecule has 0 aliphatic carbocycles. The zero-order valence-electron chi connectivity index (χ0n) is 16.7. The van der Waals surface area contributed by atoms with Crippen LogP contribution in [0, 0.1) is 23.0 Å². The van der Waals surface area contributed by atoms with Crippen LogP contribution in [0.1, 0.15) is 30.4 Å². The van der Waals surface area contributed by atoms with E-state index < -0.39 is 27.4 Å². The van der Waals surface area contributed by atoms with Crippen LogP contribution in [-0.2, 0) is 10.0 Å². The SMILES string of the molecule is CC[C@H](CO)[C@@H](C[N+](=O)[O-])c1cn(S(=O)(=O)c2ccc(C)cc2)c2cc(Br)ccc12. The Kier molecular flexibility index (Phi) is 6.64. The topological polar surface area (TPSA) is 102 Å². The molecule has 7 nitrogen and oxygen atoms in total. The number of aliphatic hydroxyl groups excluding tert-OH is 1. The lowest BCUT2D eigenvalue weighted by Crippen LogP contribution is -2.23. The van der Waals surface area contributed by atoms with Gasteiger partial charge in [0.2, 0.25) is 6.54 Å². The average Bonchev–Trinajstić information content (AvgIpc) is 3.07. The van der Waals surface area contributed by atoms with Crippen LogP contribution in [0.3, 0.4) is 0 Å². The second-order valence-corrected chi connectivity index (χ2v) is 10.1. The first-order valence-corrected chi connectivity index (χ1v) is 11.8. The molecule has 0 aliphatic heterocycles. The summed E-state index contributed by atoms with van der Waals surface area (Å²) in [6.45, 7) is 3.12. The first-order valence-electron chi connectivity index (χ1n) is 9.54. The van der Waals surface area contributed by atoms with Crippen molar-refractivity contribution in [3.05, 3.63) is 74.4 Å². The number of benzene rings is 2. The van der Waals surface area contributed by atoms with Gasteiger partial charge in [-0.15, -0.1) is 0 Å². The largest absolute Gasteiger partial charge is 0.396 e. The molecular weight excluding hydrogens is 472 g/mol. The van der Waals surface area contributed by atoms with Crippen molar-refractivity contribution in [1.82, 2.24) is 3.97 Å². The van der Waals surface area contributed by atoms with Crippen LogP contribution in [0.15, 0.2) is 58.0 Å². The maximum atomic E-state index is 13.4. The molecule has 0 saturated heterocycles. The molecule has 0 bridgehead atoms. The Morgan fingerprint density at radius 1 is 1.20 bits per heavy atom. The zero-order chi connectivity index (χ0) is 22.1. The van der Waals surface area contributed by atoms with Crippen LogP contribution < -0.4 is 0 Å². The highest BCUT2D eigenvalue weighted by Crippen LogP contribution is 2.36. The molecule has 1 aromatic heterocycles. The van der Waals surface area contributed by atoms with Crippen LogP contribution in [-0.4, -0.2) is 35.6 Å². The molecule has 2 atom stereocenters. The van der Waals surface area contributed by atoms with Crippen molar-refractivity contribution in [3.63, 3.8) is 0 Å². The van der Waals surface area contributed by atoms with Gasteiger partial charge in [0.15, 0.2) is 0 Å². The molecule has 0 radical (unpaired) electrons. The number of aryl methyl sites for hydroxylation is 1. The van der Waals surface area contributed by atoms with Gasteiger partial charge in [-0.3, -0.25) is 10.1 Å². The van der Waals surface area contributed by atoms with E-state index in [1.807, 2.05) is 13.8 Å². The molecule has 0 fully saturated rings. The summed E-state index contributed by atoms with van der Waals surface area (Å²) in [5.41, 5.74) is 1.92. The van der Waals surface area contributed by atoms with E-state index >= 15 is 0 Å². The summed E-state index contributed by atoms with van der Waals surface area (Å²) in [6.07, 6.45) is 2.00. The quantitative estimate of drug-likeness (QED) is 0.370. The number of halogens is 1. The summed E-state index contributed by atoms with van der Waals surface area (Å²) in [4.78, 5) is 11.1. The summed E-state index contributed by atoms with van der Waals surface area (Å²) >= 11 is 3.39. The number of hydrogen-bond donors (Lipinski definition) is 1. The number of nitro groups is 1. The Labute approximate surface area is 183 Å². The first kappa shape index (κ1) is 22.5. The monoisotopic (exact) mass is 494 g/mol. The van der Waals surface area contributed by atoms with Crippen LogP contribution >= 0.6 is 15.9 Å². The van der Waals surface area contributed by atoms with E-state index in [1.165, 1.54) is 10.2 Å². The molecule has 9 heteroatoms. The molecule has 160 valence electrons. The lowest BCUT2D eigenvalue weighted by atomic mass is 9.84. The molecule has 0 spiro atoms. The summed E-state index contributed by atoms with van der Waals surface area (Å²) in [5.74, 6) is -0.978. The number of aromatic nitrogens is 1. The van der Waals surface area contributed by atoms with Crippen molar-refractivity contribution in [1.29, 1.82) is 0 Å². The van der Waals surface area contributed by atoms with Crippen LogP contribution in [0.5, 0.6) is 0 Å². The van der Waals surface area contributed by atoms with Crippen LogP contribution in [0.25, 0.3) is 10.9 Å². The molecule has 0 saturated carbocycles. The van der Waals surface area contributed by atoms with Gasteiger partial charge in [0.05, 0.1) is 16.3 Å². The Bertz CT molecular complexity index is 1170. The standard InChI is InChI=1S/C21H23BrN2O5S/c1-3-15(13-25)19(12-24(26)27)20-11-23(21-10-16(22)6-9-18(20)21)30(28,29)17-7-4-14(2)5-8-17/h4-11,15,19,25H,3,12-13H2,1-2H3/t15-,19-/m1/s1. The van der Waals surface area contributed by atoms with Gasteiger partial charge in [-0.05, 0) is 42.7 Å². The fraction of sp³-hybridized carbons (Fsp3) is 0.333. The Hall–Kier alpha value is -2.23. The van der Waals surface area contributed by atoms with E-state index in [4.69, 9.17) is 0 Å². The summed E-state index contributed by atoms with van der Waals surface area (Å²) < 4.78 is 28.7. The van der Waals surface area contributed by atoms with E-state index in [1.54, 1.807) is 42.5 Å². The number of fused-ring (bicyclic) bond motifs is 1. The maximum Gasteiger partial charge on any atom is 0.268 e. The lowest BCUT2D eigenvalue weighted by molar-refractivity contribution is -0.485. The highest BCUT2D eigenvalue weighted by molar-refractivity contribution is 9.10. The van der Waals surface area contributed by atoms with E-state index in [0.717, 1.165) is 5.56 Å². The van der Waals surface area contributed by atoms with E-state index in [9.17, 15) is 23.6 Å². The molecule has 2 aromatic carbocycles. The Morgan fingerprint density at radius 2 is 1.87 bits per heavy atom. The number of nitrogens with zero attached hydrogens (tertiary/aromatic N) is 2. The fourth-order valence-electron chi connectivity index (χ4n) is 3.72. The molecule has 30 heavy (non-hydrogen) atoms. The number of hydrogen-bond acceptors (Lipinski definition) is 5. The van der Waals surface area contributed by atoms with Crippen molar-refractivity contribution < 1.29 is 18.4 Å². The molecule has 1 N–H and O–H groups in total. The van der Waals surface area contributed by atoms with Gasteiger partial charge >= 0.3 is 0 Å². The minimum atomic E-state index is -3.92. The fourth-order valence-corrected chi connectivity index (χ4v) is 5.44. The summed E-state index contributed by atoms with van der Waals surface area (Å²) in [6, 6.07) is 11.8. The van der Waals surface area contributed by atoms with E-state index in [2.05, 4.69) is 15.9 Å². The second-order valence-electron chi connectivity index (χ2n) is 7.33. The van der Waals surface area contributed by atoms with E-state index in [0.29, 0.717) is 27.4 Å². The van der Waals surface area contributed by atoms with Crippen molar-refractivity contribution in [2.75, 3.05) is 13.2 Å². The Morgan fingerprint density at radius 3 is 2.43 bits per heavy atom. The minimum Gasteiger partial charge on any atom is -0.396 e. The molecule has 1 heterocycles. The second kappa shape index (κ2) is 8.87. The van der Waals surface area contributed by atoms with Gasteiger partial charge in [-0.1, -0.05) is 53.0 Å². The van der Waals surface area contributed by atoms with Crippen LogP contribution in [0.4, 0.5) is 0 Å². The molecule has 0 aliphatic rings. The summed E-state index contributed by atoms with van der Waals surface area (Å²) in [7, 11) is -3.92. The molecule has 0 amide bonds. The molecular formula is C21H23BrN2O5S. The highest BCUT2D eigenvalue weighted by Gasteiger charge is 2.31. The van der Waals surface area contributed by atoms with Gasteiger partial charge in [0, 0.05) is 27.6 Å². The van der Waals surface area contributed by atoms with Gasteiger partial charge in [-0.25, -0.2) is 12.4 Å². The van der Waals surface area contributed by atoms with Gasteiger partial charge in [-0.2, -0.15) is 0 Å². The van der Waals surface area contributed by atoms with Crippen molar-refractivity contribution in [2.24, 2.45) is 5.92 Å². The predicted molar refractivity (Wildman–Crippen MR) is 119 cm³/mol.